The van der Waals surface area contributed by atoms with E-state index in [9.17, 15) is 0 Å². The van der Waals surface area contributed by atoms with Crippen molar-refractivity contribution in [3.8, 4) is 6.07 Å². The van der Waals surface area contributed by atoms with Crippen LogP contribution in [0.2, 0.25) is 0 Å². The molecule has 3 nitrogen and oxygen atoms in total. The quantitative estimate of drug-likeness (QED) is 0.766. The summed E-state index contributed by atoms with van der Waals surface area (Å²) in [7, 11) is 1.99. The number of hydrogen-bond acceptors (Lipinski definition) is 3. The summed E-state index contributed by atoms with van der Waals surface area (Å²) in [4.78, 5) is 2.08. The van der Waals surface area contributed by atoms with Gasteiger partial charge in [-0.1, -0.05) is 13.8 Å². The van der Waals surface area contributed by atoms with E-state index in [1.807, 2.05) is 13.1 Å². The molecular weight excluding hydrogens is 186 g/mol. The van der Waals surface area contributed by atoms with Crippen LogP contribution in [0.5, 0.6) is 0 Å². The van der Waals surface area contributed by atoms with Crippen molar-refractivity contribution in [3.05, 3.63) is 23.8 Å². The van der Waals surface area contributed by atoms with Crippen LogP contribution >= 0.6 is 0 Å². The number of nitriles is 1. The molecule has 0 bridgehead atoms. The molecule has 0 amide bonds. The second-order valence-electron chi connectivity index (χ2n) is 4.16. The van der Waals surface area contributed by atoms with Crippen molar-refractivity contribution in [2.45, 2.75) is 13.8 Å². The highest BCUT2D eigenvalue weighted by Crippen LogP contribution is 2.23. The number of nitrogens with two attached hydrogens (primary N) is 1. The molecule has 0 aliphatic rings. The Bertz CT molecular complexity index is 377. The molecule has 0 saturated carbocycles. The zero-order valence-corrected chi connectivity index (χ0v) is 9.49. The minimum atomic E-state index is 0.570. The first kappa shape index (κ1) is 11.4. The Labute approximate surface area is 91.1 Å². The lowest BCUT2D eigenvalue weighted by molar-refractivity contribution is 0.639. The molecule has 80 valence electrons. The fourth-order valence-corrected chi connectivity index (χ4v) is 1.59. The zero-order valence-electron chi connectivity index (χ0n) is 9.49. The van der Waals surface area contributed by atoms with Crippen LogP contribution in [0.3, 0.4) is 0 Å². The highest BCUT2D eigenvalue weighted by molar-refractivity contribution is 5.69. The maximum atomic E-state index is 8.81. The Morgan fingerprint density at radius 1 is 1.47 bits per heavy atom. The monoisotopic (exact) mass is 203 g/mol. The van der Waals surface area contributed by atoms with E-state index >= 15 is 0 Å². The van der Waals surface area contributed by atoms with Gasteiger partial charge in [-0.05, 0) is 24.1 Å². The van der Waals surface area contributed by atoms with Gasteiger partial charge in [-0.25, -0.2) is 0 Å². The van der Waals surface area contributed by atoms with Crippen LogP contribution < -0.4 is 10.6 Å². The molecule has 0 unspecified atom stereocenters. The molecule has 0 aromatic heterocycles. The smallest absolute Gasteiger partial charge is 0.0992 e. The van der Waals surface area contributed by atoms with Crippen LogP contribution in [0, 0.1) is 17.2 Å². The molecule has 0 aliphatic carbocycles. The molecule has 0 atom stereocenters. The summed E-state index contributed by atoms with van der Waals surface area (Å²) < 4.78 is 0. The van der Waals surface area contributed by atoms with Gasteiger partial charge in [-0.15, -0.1) is 0 Å². The van der Waals surface area contributed by atoms with E-state index in [2.05, 4.69) is 24.8 Å². The van der Waals surface area contributed by atoms with E-state index in [0.29, 0.717) is 11.5 Å². The summed E-state index contributed by atoms with van der Waals surface area (Å²) in [5.41, 5.74) is 8.17. The van der Waals surface area contributed by atoms with Gasteiger partial charge >= 0.3 is 0 Å². The van der Waals surface area contributed by atoms with Gasteiger partial charge in [0.15, 0.2) is 0 Å². The first-order chi connectivity index (χ1) is 7.04. The lowest BCUT2D eigenvalue weighted by atomic mass is 10.1. The van der Waals surface area contributed by atoms with Crippen molar-refractivity contribution < 1.29 is 0 Å². The zero-order chi connectivity index (χ0) is 11.4. The Balaban J connectivity index is 2.97. The number of hydrogen-bond donors (Lipinski definition) is 1. The number of nitrogens with zero attached hydrogens (tertiary/aromatic N) is 2. The van der Waals surface area contributed by atoms with Crippen molar-refractivity contribution in [1.29, 1.82) is 5.26 Å². The number of rotatable bonds is 3. The van der Waals surface area contributed by atoms with Crippen molar-refractivity contribution in [3.63, 3.8) is 0 Å². The average Bonchev–Trinajstić information content (AvgIpc) is 2.17. The molecule has 0 spiro atoms. The second kappa shape index (κ2) is 4.70. The van der Waals surface area contributed by atoms with Crippen LogP contribution in [0.4, 0.5) is 11.4 Å². The third-order valence-electron chi connectivity index (χ3n) is 2.21. The van der Waals surface area contributed by atoms with Crippen LogP contribution in [0.25, 0.3) is 0 Å². The average molecular weight is 203 g/mol. The fourth-order valence-electron chi connectivity index (χ4n) is 1.59. The first-order valence-electron chi connectivity index (χ1n) is 5.05. The molecule has 0 fully saturated rings. The standard InChI is InChI=1S/C12H17N3/c1-9(2)8-15(3)12-6-10(7-13)4-5-11(12)14/h4-6,9H,8,14H2,1-3H3. The normalized spacial score (nSPS) is 10.1. The molecule has 0 aliphatic heterocycles. The molecule has 3 heteroatoms. The first-order valence-corrected chi connectivity index (χ1v) is 5.05. The van der Waals surface area contributed by atoms with E-state index in [0.717, 1.165) is 17.9 Å². The van der Waals surface area contributed by atoms with Gasteiger partial charge in [0.25, 0.3) is 0 Å². The van der Waals surface area contributed by atoms with Crippen LogP contribution in [0.15, 0.2) is 18.2 Å². The van der Waals surface area contributed by atoms with Gasteiger partial charge in [-0.3, -0.25) is 0 Å². The molecular formula is C12H17N3. The summed E-state index contributed by atoms with van der Waals surface area (Å²) in [6.45, 7) is 5.24. The minimum absolute atomic E-state index is 0.570. The number of nitrogen functional groups attached to an aromatic ring is 1. The maximum absolute atomic E-state index is 8.81. The molecule has 1 rings (SSSR count). The van der Waals surface area contributed by atoms with Gasteiger partial charge in [-0.2, -0.15) is 5.26 Å². The Kier molecular flexibility index (Phi) is 3.56. The van der Waals surface area contributed by atoms with E-state index in [4.69, 9.17) is 11.0 Å². The third kappa shape index (κ3) is 2.88. The lowest BCUT2D eigenvalue weighted by Gasteiger charge is -2.23. The van der Waals surface area contributed by atoms with Gasteiger partial charge < -0.3 is 10.6 Å². The fraction of sp³-hybridized carbons (Fsp3) is 0.417. The SMILES string of the molecule is CC(C)CN(C)c1cc(C#N)ccc1N. The Morgan fingerprint density at radius 2 is 2.13 bits per heavy atom. The van der Waals surface area contributed by atoms with Crippen LogP contribution in [-0.4, -0.2) is 13.6 Å². The van der Waals surface area contributed by atoms with E-state index in [1.54, 1.807) is 12.1 Å². The molecule has 0 heterocycles. The topological polar surface area (TPSA) is 53.0 Å². The molecule has 2 N–H and O–H groups in total. The largest absolute Gasteiger partial charge is 0.397 e. The van der Waals surface area contributed by atoms with Crippen molar-refractivity contribution >= 4 is 11.4 Å². The van der Waals surface area contributed by atoms with Crippen molar-refractivity contribution in [1.82, 2.24) is 0 Å². The van der Waals surface area contributed by atoms with Gasteiger partial charge in [0.1, 0.15) is 0 Å². The molecule has 15 heavy (non-hydrogen) atoms. The summed E-state index contributed by atoms with van der Waals surface area (Å²) in [5, 5.41) is 8.81. The van der Waals surface area contributed by atoms with Crippen LogP contribution in [-0.2, 0) is 0 Å². The summed E-state index contributed by atoms with van der Waals surface area (Å²) in [6.07, 6.45) is 0. The molecule has 0 radical (unpaired) electrons. The summed E-state index contributed by atoms with van der Waals surface area (Å²) in [5.74, 6) is 0.570. The van der Waals surface area contributed by atoms with Crippen molar-refractivity contribution in [2.24, 2.45) is 5.92 Å². The molecule has 0 saturated heterocycles. The van der Waals surface area contributed by atoms with E-state index < -0.39 is 0 Å². The number of benzene rings is 1. The van der Waals surface area contributed by atoms with E-state index in [1.165, 1.54) is 0 Å². The second-order valence-corrected chi connectivity index (χ2v) is 4.16. The Morgan fingerprint density at radius 3 is 2.67 bits per heavy atom. The van der Waals surface area contributed by atoms with Gasteiger partial charge in [0, 0.05) is 13.6 Å². The maximum Gasteiger partial charge on any atom is 0.0992 e. The molecule has 1 aromatic rings. The molecule has 1 aromatic carbocycles. The number of anilines is 2. The van der Waals surface area contributed by atoms with Gasteiger partial charge in [0.2, 0.25) is 0 Å². The Hall–Kier alpha value is -1.69. The summed E-state index contributed by atoms with van der Waals surface area (Å²) in [6, 6.07) is 7.47. The lowest BCUT2D eigenvalue weighted by Crippen LogP contribution is -2.23. The van der Waals surface area contributed by atoms with Crippen molar-refractivity contribution in [2.75, 3.05) is 24.2 Å². The predicted octanol–water partition coefficient (Wildman–Crippen LogP) is 2.23. The highest BCUT2D eigenvalue weighted by atomic mass is 15.1. The van der Waals surface area contributed by atoms with E-state index in [-0.39, 0.29) is 0 Å². The highest BCUT2D eigenvalue weighted by Gasteiger charge is 2.07. The predicted molar refractivity (Wildman–Crippen MR) is 63.7 cm³/mol. The third-order valence-corrected chi connectivity index (χ3v) is 2.21. The van der Waals surface area contributed by atoms with Gasteiger partial charge in [0.05, 0.1) is 23.0 Å². The summed E-state index contributed by atoms with van der Waals surface area (Å²) >= 11 is 0. The minimum Gasteiger partial charge on any atom is -0.397 e. The van der Waals surface area contributed by atoms with Crippen LogP contribution in [0.1, 0.15) is 19.4 Å².